The summed E-state index contributed by atoms with van der Waals surface area (Å²) in [7, 11) is 0. The highest BCUT2D eigenvalue weighted by molar-refractivity contribution is 7.26. The normalized spacial score (nSPS) is 15.0. The van der Waals surface area contributed by atoms with Gasteiger partial charge in [-0.2, -0.15) is 0 Å². The minimum atomic E-state index is -0.0867. The lowest BCUT2D eigenvalue weighted by Gasteiger charge is -2.23. The van der Waals surface area contributed by atoms with Crippen molar-refractivity contribution in [1.29, 1.82) is 0 Å². The zero-order valence-corrected chi connectivity index (χ0v) is 30.2. The Hall–Kier alpha value is -5.76. The van der Waals surface area contributed by atoms with Crippen molar-refractivity contribution in [2.75, 3.05) is 0 Å². The van der Waals surface area contributed by atoms with Gasteiger partial charge in [0, 0.05) is 25.6 Å². The van der Waals surface area contributed by atoms with Gasteiger partial charge in [-0.15, -0.1) is 11.3 Å². The number of hydrogen-bond donors (Lipinski definition) is 0. The van der Waals surface area contributed by atoms with Crippen LogP contribution in [0.2, 0.25) is 0 Å². The molecule has 52 heavy (non-hydrogen) atoms. The lowest BCUT2D eigenvalue weighted by atomic mass is 9.80. The van der Waals surface area contributed by atoms with Crippen molar-refractivity contribution in [3.63, 3.8) is 0 Å². The Morgan fingerprint density at radius 1 is 0.442 bits per heavy atom. The van der Waals surface area contributed by atoms with Crippen LogP contribution in [-0.2, 0) is 5.41 Å². The molecule has 11 rings (SSSR count). The lowest BCUT2D eigenvalue weighted by Crippen LogP contribution is -2.14. The van der Waals surface area contributed by atoms with E-state index in [1.165, 1.54) is 108 Å². The van der Waals surface area contributed by atoms with Gasteiger partial charge in [0.25, 0.3) is 0 Å². The summed E-state index contributed by atoms with van der Waals surface area (Å²) in [5, 5.41) is 10.7. The van der Waals surface area contributed by atoms with E-state index in [0.29, 0.717) is 0 Å². The van der Waals surface area contributed by atoms with Gasteiger partial charge in [0.1, 0.15) is 0 Å². The summed E-state index contributed by atoms with van der Waals surface area (Å²) in [4.78, 5) is 0. The van der Waals surface area contributed by atoms with Crippen LogP contribution in [0.5, 0.6) is 0 Å². The van der Waals surface area contributed by atoms with Gasteiger partial charge < -0.3 is 0 Å². The molecular formula is C51H36S. The molecule has 0 N–H and O–H groups in total. The van der Waals surface area contributed by atoms with Crippen LogP contribution in [0.1, 0.15) is 48.9 Å². The summed E-state index contributed by atoms with van der Waals surface area (Å²) in [6.45, 7) is 4.80. The largest absolute Gasteiger partial charge is 0.135 e. The predicted octanol–water partition coefficient (Wildman–Crippen LogP) is 14.7. The molecule has 0 bridgehead atoms. The Morgan fingerprint density at radius 3 is 1.77 bits per heavy atom. The van der Waals surface area contributed by atoms with Crippen molar-refractivity contribution >= 4 is 75.0 Å². The molecule has 2 aliphatic carbocycles. The number of allylic oxidation sites excluding steroid dienone is 4. The molecular weight excluding hydrogens is 645 g/mol. The van der Waals surface area contributed by atoms with Crippen molar-refractivity contribution in [2.45, 2.75) is 32.1 Å². The van der Waals surface area contributed by atoms with Crippen LogP contribution in [0.3, 0.4) is 0 Å². The molecule has 0 amide bonds. The third-order valence-corrected chi connectivity index (χ3v) is 13.1. The second kappa shape index (κ2) is 11.1. The van der Waals surface area contributed by atoms with E-state index in [0.717, 1.165) is 12.8 Å². The lowest BCUT2D eigenvalue weighted by molar-refractivity contribution is 0.661. The van der Waals surface area contributed by atoms with E-state index in [2.05, 4.69) is 172 Å². The van der Waals surface area contributed by atoms with Crippen LogP contribution in [0.25, 0.3) is 85.9 Å². The molecule has 0 saturated carbocycles. The molecule has 2 aliphatic rings. The highest BCUT2D eigenvalue weighted by atomic mass is 32.1. The fourth-order valence-electron chi connectivity index (χ4n) is 9.47. The zero-order valence-electron chi connectivity index (χ0n) is 29.3. The molecule has 1 heteroatoms. The quantitative estimate of drug-likeness (QED) is 0.163. The molecule has 0 saturated heterocycles. The van der Waals surface area contributed by atoms with Crippen molar-refractivity contribution < 1.29 is 0 Å². The van der Waals surface area contributed by atoms with E-state index >= 15 is 0 Å². The SMILES string of the molecule is CC1(C)c2ccc(-c3c4ccccc4c(C4=CC=C(c5ccccc5)CC4)c4ccccc34)cc2-c2cc3c(ccc4sc5ccccc5c43)cc21. The monoisotopic (exact) mass is 680 g/mol. The van der Waals surface area contributed by atoms with Crippen LogP contribution >= 0.6 is 11.3 Å². The molecule has 0 nitrogen and oxygen atoms in total. The van der Waals surface area contributed by atoms with Crippen LogP contribution in [0.15, 0.2) is 158 Å². The minimum absolute atomic E-state index is 0.0867. The number of rotatable bonds is 3. The van der Waals surface area contributed by atoms with Crippen molar-refractivity contribution in [3.8, 4) is 22.3 Å². The number of fused-ring (bicyclic) bond motifs is 10. The van der Waals surface area contributed by atoms with Gasteiger partial charge in [0.2, 0.25) is 0 Å². The maximum absolute atomic E-state index is 2.51. The Balaban J connectivity index is 1.13. The Labute approximate surface area is 308 Å². The molecule has 1 aromatic heterocycles. The molecule has 0 atom stereocenters. The molecule has 0 fully saturated rings. The van der Waals surface area contributed by atoms with E-state index < -0.39 is 0 Å². The first kappa shape index (κ1) is 29.9. The first-order valence-corrected chi connectivity index (χ1v) is 19.3. The van der Waals surface area contributed by atoms with E-state index in [4.69, 9.17) is 0 Å². The number of hydrogen-bond acceptors (Lipinski definition) is 1. The smallest absolute Gasteiger partial charge is 0.0361 e. The highest BCUT2D eigenvalue weighted by Crippen LogP contribution is 2.53. The summed E-state index contributed by atoms with van der Waals surface area (Å²) in [6, 6.07) is 54.9. The average Bonchev–Trinajstić information content (AvgIpc) is 3.68. The van der Waals surface area contributed by atoms with E-state index in [1.807, 2.05) is 11.3 Å². The fraction of sp³-hybridized carbons (Fsp3) is 0.0980. The third-order valence-electron chi connectivity index (χ3n) is 12.0. The van der Waals surface area contributed by atoms with Gasteiger partial charge in [0.05, 0.1) is 0 Å². The summed E-state index contributed by atoms with van der Waals surface area (Å²) in [5.74, 6) is 0. The third kappa shape index (κ3) is 4.27. The van der Waals surface area contributed by atoms with Gasteiger partial charge >= 0.3 is 0 Å². The fourth-order valence-corrected chi connectivity index (χ4v) is 10.6. The molecule has 9 aromatic rings. The van der Waals surface area contributed by atoms with Crippen molar-refractivity contribution in [1.82, 2.24) is 0 Å². The van der Waals surface area contributed by atoms with E-state index in [1.54, 1.807) is 0 Å². The number of benzene rings is 8. The predicted molar refractivity (Wildman–Crippen MR) is 226 cm³/mol. The Kier molecular flexibility index (Phi) is 6.40. The summed E-state index contributed by atoms with van der Waals surface area (Å²) in [6.07, 6.45) is 6.80. The maximum Gasteiger partial charge on any atom is 0.0361 e. The Morgan fingerprint density at radius 2 is 1.06 bits per heavy atom. The van der Waals surface area contributed by atoms with Crippen LogP contribution in [0, 0.1) is 0 Å². The summed E-state index contributed by atoms with van der Waals surface area (Å²) >= 11 is 1.90. The molecule has 0 aliphatic heterocycles. The molecule has 1 heterocycles. The average molecular weight is 681 g/mol. The minimum Gasteiger partial charge on any atom is -0.135 e. The van der Waals surface area contributed by atoms with Crippen molar-refractivity contribution in [2.24, 2.45) is 0 Å². The molecule has 0 spiro atoms. The standard InChI is InChI=1S/C51H36S/c1-51(2)44-26-24-35(28-42(44)43-30-41-34(29-45(43)51)25-27-47-50(41)40-18-10-11-19-46(40)52-47)49-38-16-8-6-14-36(38)48(37-15-7-9-17-39(37)49)33-22-20-32(21-23-33)31-12-4-3-5-13-31/h3-20,22,24-30H,21,23H2,1-2H3. The van der Waals surface area contributed by atoms with Crippen LogP contribution < -0.4 is 0 Å². The second-order valence-corrected chi connectivity index (χ2v) is 16.2. The molecule has 0 unspecified atom stereocenters. The van der Waals surface area contributed by atoms with E-state index in [-0.39, 0.29) is 5.41 Å². The first-order chi connectivity index (χ1) is 25.5. The summed E-state index contributed by atoms with van der Waals surface area (Å²) < 4.78 is 2.71. The molecule has 246 valence electrons. The highest BCUT2D eigenvalue weighted by Gasteiger charge is 2.36. The second-order valence-electron chi connectivity index (χ2n) is 15.1. The van der Waals surface area contributed by atoms with Crippen LogP contribution in [-0.4, -0.2) is 0 Å². The maximum atomic E-state index is 2.51. The van der Waals surface area contributed by atoms with Gasteiger partial charge in [-0.1, -0.05) is 141 Å². The van der Waals surface area contributed by atoms with Gasteiger partial charge in [-0.05, 0) is 131 Å². The van der Waals surface area contributed by atoms with Crippen molar-refractivity contribution in [3.05, 3.63) is 180 Å². The number of thiophene rings is 1. The van der Waals surface area contributed by atoms with Gasteiger partial charge in [-0.25, -0.2) is 0 Å². The first-order valence-electron chi connectivity index (χ1n) is 18.5. The van der Waals surface area contributed by atoms with E-state index in [9.17, 15) is 0 Å². The molecule has 0 radical (unpaired) electrons. The topological polar surface area (TPSA) is 0 Å². The zero-order chi connectivity index (χ0) is 34.6. The van der Waals surface area contributed by atoms with Gasteiger partial charge in [0.15, 0.2) is 0 Å². The molecule has 8 aromatic carbocycles. The summed E-state index contributed by atoms with van der Waals surface area (Å²) in [5.41, 5.74) is 13.6. The Bertz CT molecular complexity index is 2960. The van der Waals surface area contributed by atoms with Crippen LogP contribution in [0.4, 0.5) is 0 Å². The van der Waals surface area contributed by atoms with Gasteiger partial charge in [-0.3, -0.25) is 0 Å².